The molecule has 1 aromatic carbocycles. The van der Waals surface area contributed by atoms with E-state index in [2.05, 4.69) is 5.10 Å². The van der Waals surface area contributed by atoms with Crippen LogP contribution in [0.1, 0.15) is 27.0 Å². The van der Waals surface area contributed by atoms with Crippen LogP contribution < -0.4 is 0 Å². The van der Waals surface area contributed by atoms with Crippen molar-refractivity contribution in [2.24, 2.45) is 7.05 Å². The molecule has 24 heavy (non-hydrogen) atoms. The largest absolute Gasteiger partial charge is 0.612 e. The number of aryl methyl sites for hydroxylation is 1. The van der Waals surface area contributed by atoms with Gasteiger partial charge in [0.25, 0.3) is 0 Å². The fraction of sp³-hybridized carbons (Fsp3) is 0.333. The summed E-state index contributed by atoms with van der Waals surface area (Å²) in [5.41, 5.74) is -0.787. The maximum absolute atomic E-state index is 13.8. The van der Waals surface area contributed by atoms with Crippen LogP contribution in [0.15, 0.2) is 23.2 Å². The number of aromatic hydroxyl groups is 1. The molecular weight excluding hydrogens is 345 g/mol. The van der Waals surface area contributed by atoms with Gasteiger partial charge in [-0.25, -0.2) is 9.07 Å². The first-order valence-electron chi connectivity index (χ1n) is 6.78. The molecule has 0 aliphatic rings. The third-order valence-electron chi connectivity index (χ3n) is 3.65. The molecule has 0 amide bonds. The first kappa shape index (κ1) is 18.3. The minimum atomic E-state index is -3.80. The van der Waals surface area contributed by atoms with Crippen LogP contribution in [-0.2, 0) is 24.1 Å². The molecule has 1 unspecified atom stereocenters. The van der Waals surface area contributed by atoms with Crippen molar-refractivity contribution in [3.05, 3.63) is 40.6 Å². The molecule has 5 nitrogen and oxygen atoms in total. The van der Waals surface area contributed by atoms with Gasteiger partial charge >= 0.3 is 5.92 Å². The number of nitrogens with zero attached hydrogens (tertiary/aromatic N) is 2. The highest BCUT2D eigenvalue weighted by Gasteiger charge is 2.39. The summed E-state index contributed by atoms with van der Waals surface area (Å²) in [4.78, 5) is 12.2. The Hall–Kier alpha value is -2.00. The Kier molecular flexibility index (Phi) is 4.95. The summed E-state index contributed by atoms with van der Waals surface area (Å²) < 4.78 is 53.2. The second kappa shape index (κ2) is 6.48. The number of carbonyl (C=O) groups excluding carboxylic acids is 1. The molecule has 2 rings (SSSR count). The highest BCUT2D eigenvalue weighted by molar-refractivity contribution is 7.90. The van der Waals surface area contributed by atoms with Crippen molar-refractivity contribution in [1.82, 2.24) is 9.78 Å². The van der Waals surface area contributed by atoms with E-state index < -0.39 is 35.1 Å². The van der Waals surface area contributed by atoms with Crippen LogP contribution in [0.2, 0.25) is 0 Å². The molecule has 1 atom stereocenters. The zero-order chi connectivity index (χ0) is 18.2. The predicted molar refractivity (Wildman–Crippen MR) is 81.7 cm³/mol. The maximum Gasteiger partial charge on any atom is 0.305 e. The third-order valence-corrected chi connectivity index (χ3v) is 4.75. The van der Waals surface area contributed by atoms with Crippen molar-refractivity contribution in [2.75, 3.05) is 12.9 Å². The maximum atomic E-state index is 13.8. The monoisotopic (exact) mass is 360 g/mol. The third kappa shape index (κ3) is 3.01. The molecule has 0 saturated carbocycles. The highest BCUT2D eigenvalue weighted by atomic mass is 32.2. The van der Waals surface area contributed by atoms with Crippen LogP contribution in [0, 0.1) is 6.92 Å². The van der Waals surface area contributed by atoms with E-state index in [9.17, 15) is 27.6 Å². The molecule has 1 N–H and O–H groups in total. The van der Waals surface area contributed by atoms with Gasteiger partial charge in [0.15, 0.2) is 11.6 Å². The summed E-state index contributed by atoms with van der Waals surface area (Å²) >= 11 is -1.87. The van der Waals surface area contributed by atoms with E-state index in [1.165, 1.54) is 20.2 Å². The molecule has 0 saturated heterocycles. The summed E-state index contributed by atoms with van der Waals surface area (Å²) in [6, 6.07) is 2.00. The van der Waals surface area contributed by atoms with E-state index in [1.807, 2.05) is 0 Å². The molecule has 0 bridgehead atoms. The standard InChI is InChI=1S/C15H15F3N2O3S/c1-8-9(12(21)10-6-19-20(2)14(10)22)4-5-11(13(8)24(3)23)15(17,18)7-16/h4-6,22H,7H2,1-3H3. The van der Waals surface area contributed by atoms with E-state index in [0.717, 1.165) is 23.0 Å². The molecule has 1 aromatic heterocycles. The lowest BCUT2D eigenvalue weighted by atomic mass is 9.96. The van der Waals surface area contributed by atoms with E-state index >= 15 is 0 Å². The van der Waals surface area contributed by atoms with E-state index in [1.54, 1.807) is 0 Å². The van der Waals surface area contributed by atoms with Gasteiger partial charge in [0.2, 0.25) is 11.7 Å². The zero-order valence-corrected chi connectivity index (χ0v) is 14.0. The Bertz CT molecular complexity index is 791. The molecule has 2 aromatic rings. The molecule has 0 fully saturated rings. The average molecular weight is 360 g/mol. The molecule has 0 aliphatic heterocycles. The molecule has 0 radical (unpaired) electrons. The van der Waals surface area contributed by atoms with E-state index in [0.29, 0.717) is 0 Å². The summed E-state index contributed by atoms with van der Waals surface area (Å²) in [5.74, 6) is -4.83. The minimum absolute atomic E-state index is 0.0121. The van der Waals surface area contributed by atoms with Crippen LogP contribution in [0.4, 0.5) is 13.2 Å². The van der Waals surface area contributed by atoms with Crippen molar-refractivity contribution < 1.29 is 27.6 Å². The van der Waals surface area contributed by atoms with Crippen molar-refractivity contribution in [3.8, 4) is 5.88 Å². The lowest BCUT2D eigenvalue weighted by molar-refractivity contribution is -0.0308. The van der Waals surface area contributed by atoms with Gasteiger partial charge in [-0.15, -0.1) is 0 Å². The van der Waals surface area contributed by atoms with Crippen molar-refractivity contribution in [3.63, 3.8) is 0 Å². The van der Waals surface area contributed by atoms with Crippen LogP contribution in [0.25, 0.3) is 0 Å². The van der Waals surface area contributed by atoms with Crippen LogP contribution in [0.3, 0.4) is 0 Å². The van der Waals surface area contributed by atoms with Gasteiger partial charge in [0.05, 0.1) is 11.8 Å². The lowest BCUT2D eigenvalue weighted by Crippen LogP contribution is -2.22. The fourth-order valence-corrected chi connectivity index (χ4v) is 3.47. The molecule has 1 heterocycles. The van der Waals surface area contributed by atoms with Crippen LogP contribution >= 0.6 is 0 Å². The van der Waals surface area contributed by atoms with E-state index in [-0.39, 0.29) is 27.5 Å². The van der Waals surface area contributed by atoms with Crippen molar-refractivity contribution >= 4 is 17.0 Å². The number of aromatic nitrogens is 2. The Balaban J connectivity index is 2.64. The Morgan fingerprint density at radius 1 is 1.42 bits per heavy atom. The van der Waals surface area contributed by atoms with Gasteiger partial charge in [-0.1, -0.05) is 0 Å². The molecule has 130 valence electrons. The van der Waals surface area contributed by atoms with Gasteiger partial charge in [0.1, 0.15) is 11.8 Å². The molecule has 0 spiro atoms. The average Bonchev–Trinajstić information content (AvgIpc) is 2.85. The number of hydrogen-bond acceptors (Lipinski definition) is 4. The predicted octanol–water partition coefficient (Wildman–Crippen LogP) is 2.46. The number of benzene rings is 1. The Morgan fingerprint density at radius 2 is 2.04 bits per heavy atom. The molecule has 0 aliphatic carbocycles. The first-order valence-corrected chi connectivity index (χ1v) is 8.34. The summed E-state index contributed by atoms with van der Waals surface area (Å²) in [6.45, 7) is -0.581. The van der Waals surface area contributed by atoms with Gasteiger partial charge in [-0.3, -0.25) is 4.79 Å². The Labute approximate surface area is 139 Å². The second-order valence-corrected chi connectivity index (χ2v) is 6.56. The van der Waals surface area contributed by atoms with E-state index in [4.69, 9.17) is 0 Å². The van der Waals surface area contributed by atoms with Gasteiger partial charge in [-0.05, 0) is 30.2 Å². The first-order chi connectivity index (χ1) is 11.1. The molecule has 9 heteroatoms. The van der Waals surface area contributed by atoms with Crippen molar-refractivity contribution in [1.29, 1.82) is 0 Å². The second-order valence-electron chi connectivity index (χ2n) is 5.24. The lowest BCUT2D eigenvalue weighted by Gasteiger charge is -2.20. The van der Waals surface area contributed by atoms with Crippen molar-refractivity contribution in [2.45, 2.75) is 17.7 Å². The number of ketones is 1. The normalized spacial score (nSPS) is 13.1. The number of hydrogen-bond donors (Lipinski definition) is 1. The summed E-state index contributed by atoms with van der Waals surface area (Å²) in [5, 5.41) is 13.5. The quantitative estimate of drug-likeness (QED) is 0.656. The number of halogens is 3. The van der Waals surface area contributed by atoms with Crippen LogP contribution in [-0.4, -0.2) is 38.2 Å². The zero-order valence-electron chi connectivity index (χ0n) is 13.1. The summed E-state index contributed by atoms with van der Waals surface area (Å²) in [7, 11) is 1.43. The number of rotatable bonds is 5. The topological polar surface area (TPSA) is 78.2 Å². The summed E-state index contributed by atoms with van der Waals surface area (Å²) in [6.07, 6.45) is 2.32. The van der Waals surface area contributed by atoms with Gasteiger partial charge in [0, 0.05) is 18.2 Å². The van der Waals surface area contributed by atoms with Gasteiger partial charge < -0.3 is 9.66 Å². The highest BCUT2D eigenvalue weighted by Crippen LogP contribution is 2.37. The van der Waals surface area contributed by atoms with Crippen LogP contribution in [0.5, 0.6) is 5.88 Å². The SMILES string of the molecule is Cc1c(C(=O)c2cnn(C)c2O)ccc(C(F)(F)CF)c1[S+](C)[O-]. The minimum Gasteiger partial charge on any atom is -0.612 e. The number of alkyl halides is 3. The number of carbonyl (C=O) groups is 1. The molecular formula is C15H15F3N2O3S. The van der Waals surface area contributed by atoms with Gasteiger partial charge in [-0.2, -0.15) is 13.9 Å². The smallest absolute Gasteiger partial charge is 0.305 e. The fourth-order valence-electron chi connectivity index (χ4n) is 2.40. The Morgan fingerprint density at radius 3 is 2.50 bits per heavy atom.